The van der Waals surface area contributed by atoms with Crippen LogP contribution in [0.5, 0.6) is 0 Å². The molecule has 0 spiro atoms. The summed E-state index contributed by atoms with van der Waals surface area (Å²) in [6.07, 6.45) is 1.59. The number of sulfone groups is 1. The summed E-state index contributed by atoms with van der Waals surface area (Å²) in [5.41, 5.74) is 3.59. The number of aromatic nitrogens is 2. The summed E-state index contributed by atoms with van der Waals surface area (Å²) in [6, 6.07) is 21.0. The van der Waals surface area contributed by atoms with Gasteiger partial charge in [-0.25, -0.2) is 13.1 Å². The quantitative estimate of drug-likeness (QED) is 0.302. The van der Waals surface area contributed by atoms with Crippen LogP contribution in [0.3, 0.4) is 0 Å². The molecule has 0 radical (unpaired) electrons. The van der Waals surface area contributed by atoms with Crippen molar-refractivity contribution >= 4 is 32.8 Å². The number of para-hydroxylation sites is 1. The van der Waals surface area contributed by atoms with Gasteiger partial charge in [-0.15, -0.1) is 11.3 Å². The summed E-state index contributed by atoms with van der Waals surface area (Å²) in [5.74, 6) is 0. The van der Waals surface area contributed by atoms with Gasteiger partial charge in [-0.3, -0.25) is 4.90 Å². The average molecular weight is 542 g/mol. The highest BCUT2D eigenvalue weighted by Gasteiger charge is 2.24. The summed E-state index contributed by atoms with van der Waals surface area (Å²) in [4.78, 5) is 4.70. The monoisotopic (exact) mass is 541 g/mol. The van der Waals surface area contributed by atoms with Gasteiger partial charge in [0.05, 0.1) is 44.1 Å². The molecule has 1 saturated heterocycles. The second kappa shape index (κ2) is 10.1. The van der Waals surface area contributed by atoms with Crippen LogP contribution in [0.2, 0.25) is 5.02 Å². The van der Waals surface area contributed by atoms with Crippen LogP contribution in [-0.4, -0.2) is 54.7 Å². The van der Waals surface area contributed by atoms with E-state index in [1.807, 2.05) is 41.1 Å². The Morgan fingerprint density at radius 3 is 2.44 bits per heavy atom. The lowest BCUT2D eigenvalue weighted by Gasteiger charge is -2.34. The maximum atomic E-state index is 12.1. The minimum atomic E-state index is -3.28. The molecule has 0 aliphatic carbocycles. The van der Waals surface area contributed by atoms with Crippen LogP contribution in [0, 0.1) is 0 Å². The fourth-order valence-corrected chi connectivity index (χ4v) is 6.53. The third-order valence-electron chi connectivity index (χ3n) is 6.13. The molecular formula is C27H28ClN3O3S2. The number of benzene rings is 2. The van der Waals surface area contributed by atoms with Gasteiger partial charge in [-0.05, 0) is 61.9 Å². The molecule has 0 bridgehead atoms. The minimum absolute atomic E-state index is 0.182. The van der Waals surface area contributed by atoms with Crippen molar-refractivity contribution < 1.29 is 13.2 Å². The van der Waals surface area contributed by atoms with Crippen LogP contribution in [0.25, 0.3) is 26.7 Å². The Morgan fingerprint density at radius 1 is 1.00 bits per heavy atom. The summed E-state index contributed by atoms with van der Waals surface area (Å²) in [7, 11) is -3.28. The Bertz CT molecular complexity index is 1490. The Hall–Kier alpha value is -2.49. The topological polar surface area (TPSA) is 64.4 Å². The fourth-order valence-electron chi connectivity index (χ4n) is 4.64. The molecule has 9 heteroatoms. The van der Waals surface area contributed by atoms with Gasteiger partial charge in [-0.1, -0.05) is 35.9 Å². The first kappa shape index (κ1) is 25.2. The number of halogens is 1. The van der Waals surface area contributed by atoms with E-state index in [2.05, 4.69) is 30.9 Å². The van der Waals surface area contributed by atoms with Gasteiger partial charge < -0.3 is 4.74 Å². The van der Waals surface area contributed by atoms with E-state index in [9.17, 15) is 8.42 Å². The lowest BCUT2D eigenvalue weighted by Crippen LogP contribution is -2.44. The lowest BCUT2D eigenvalue weighted by molar-refractivity contribution is -0.0707. The molecule has 1 aliphatic rings. The summed E-state index contributed by atoms with van der Waals surface area (Å²) >= 11 is 8.18. The molecule has 2 unspecified atom stereocenters. The smallest absolute Gasteiger partial charge is 0.175 e. The van der Waals surface area contributed by atoms with Crippen molar-refractivity contribution in [3.8, 4) is 26.7 Å². The molecule has 188 valence electrons. The van der Waals surface area contributed by atoms with Crippen LogP contribution in [0.15, 0.2) is 71.6 Å². The minimum Gasteiger partial charge on any atom is -0.373 e. The SMILES string of the molecule is CC1CN(Cc2cc(-c3ccc(-c4cccc(S(C)(=O)=O)c4)s3)n(-c3ccccc3Cl)n2)CC(C)O1. The molecule has 3 heterocycles. The van der Waals surface area contributed by atoms with E-state index in [-0.39, 0.29) is 12.2 Å². The summed E-state index contributed by atoms with van der Waals surface area (Å²) in [5, 5.41) is 5.59. The first-order valence-corrected chi connectivity index (χ1v) is 14.9. The molecule has 1 aliphatic heterocycles. The van der Waals surface area contributed by atoms with Gasteiger partial charge in [-0.2, -0.15) is 5.10 Å². The number of hydrogen-bond acceptors (Lipinski definition) is 6. The van der Waals surface area contributed by atoms with Crippen LogP contribution in [-0.2, 0) is 21.1 Å². The zero-order chi connectivity index (χ0) is 25.4. The van der Waals surface area contributed by atoms with Crippen LogP contribution in [0.1, 0.15) is 19.5 Å². The average Bonchev–Trinajstić information content (AvgIpc) is 3.46. The van der Waals surface area contributed by atoms with E-state index in [1.54, 1.807) is 29.5 Å². The maximum absolute atomic E-state index is 12.1. The zero-order valence-electron chi connectivity index (χ0n) is 20.4. The standard InChI is InChI=1S/C27H28ClN3O3S2/c1-18-15-30(16-19(2)34-18)17-21-14-25(31(29-21)24-10-5-4-9-23(24)28)27-12-11-26(35-27)20-7-6-8-22(13-20)36(3,32)33/h4-14,18-19H,15-17H2,1-3H3. The summed E-state index contributed by atoms with van der Waals surface area (Å²) in [6.45, 7) is 6.64. The molecule has 0 saturated carbocycles. The molecule has 6 nitrogen and oxygen atoms in total. The Kier molecular flexibility index (Phi) is 7.07. The van der Waals surface area contributed by atoms with E-state index < -0.39 is 9.84 Å². The Morgan fingerprint density at radius 2 is 1.72 bits per heavy atom. The number of rotatable bonds is 6. The van der Waals surface area contributed by atoms with Gasteiger partial charge in [0.15, 0.2) is 9.84 Å². The van der Waals surface area contributed by atoms with Crippen molar-refractivity contribution in [1.82, 2.24) is 14.7 Å². The molecule has 0 amide bonds. The van der Waals surface area contributed by atoms with Crippen LogP contribution in [0.4, 0.5) is 0 Å². The number of nitrogens with zero attached hydrogens (tertiary/aromatic N) is 3. The van der Waals surface area contributed by atoms with Gasteiger partial charge in [0.1, 0.15) is 0 Å². The molecule has 2 atom stereocenters. The van der Waals surface area contributed by atoms with Gasteiger partial charge in [0, 0.05) is 30.8 Å². The second-order valence-electron chi connectivity index (χ2n) is 9.30. The third-order valence-corrected chi connectivity index (χ3v) is 8.71. The highest BCUT2D eigenvalue weighted by molar-refractivity contribution is 7.90. The van der Waals surface area contributed by atoms with E-state index >= 15 is 0 Å². The van der Waals surface area contributed by atoms with E-state index in [0.717, 1.165) is 52.0 Å². The van der Waals surface area contributed by atoms with E-state index in [4.69, 9.17) is 21.4 Å². The van der Waals surface area contributed by atoms with Crippen molar-refractivity contribution in [1.29, 1.82) is 0 Å². The molecule has 0 N–H and O–H groups in total. The van der Waals surface area contributed by atoms with Gasteiger partial charge in [0.2, 0.25) is 0 Å². The van der Waals surface area contributed by atoms with Crippen molar-refractivity contribution in [2.24, 2.45) is 0 Å². The Labute approximate surface area is 221 Å². The number of thiophene rings is 1. The summed E-state index contributed by atoms with van der Waals surface area (Å²) < 4.78 is 31.9. The predicted octanol–water partition coefficient (Wildman–Crippen LogP) is 5.93. The molecule has 1 fully saturated rings. The fraction of sp³-hybridized carbons (Fsp3) is 0.296. The first-order valence-electron chi connectivity index (χ1n) is 11.8. The molecule has 2 aromatic heterocycles. The van der Waals surface area contributed by atoms with E-state index in [1.165, 1.54) is 6.26 Å². The second-order valence-corrected chi connectivity index (χ2v) is 12.8. The highest BCUT2D eigenvalue weighted by atomic mass is 35.5. The highest BCUT2D eigenvalue weighted by Crippen LogP contribution is 2.37. The zero-order valence-corrected chi connectivity index (χ0v) is 22.8. The Balaban J connectivity index is 1.53. The van der Waals surface area contributed by atoms with E-state index in [0.29, 0.717) is 9.92 Å². The lowest BCUT2D eigenvalue weighted by atomic mass is 10.2. The first-order chi connectivity index (χ1) is 17.2. The normalized spacial score (nSPS) is 19.0. The predicted molar refractivity (Wildman–Crippen MR) is 146 cm³/mol. The van der Waals surface area contributed by atoms with Crippen molar-refractivity contribution in [3.05, 3.63) is 77.4 Å². The maximum Gasteiger partial charge on any atom is 0.175 e. The molecule has 4 aromatic rings. The van der Waals surface area contributed by atoms with Crippen LogP contribution < -0.4 is 0 Å². The van der Waals surface area contributed by atoms with Crippen LogP contribution >= 0.6 is 22.9 Å². The molecule has 2 aromatic carbocycles. The third kappa shape index (κ3) is 5.43. The van der Waals surface area contributed by atoms with Gasteiger partial charge >= 0.3 is 0 Å². The van der Waals surface area contributed by atoms with Gasteiger partial charge in [0.25, 0.3) is 0 Å². The number of hydrogen-bond donors (Lipinski definition) is 0. The number of ether oxygens (including phenoxy) is 1. The molecule has 36 heavy (non-hydrogen) atoms. The van der Waals surface area contributed by atoms with Crippen molar-refractivity contribution in [2.75, 3.05) is 19.3 Å². The number of morpholine rings is 1. The molecule has 5 rings (SSSR count). The van der Waals surface area contributed by atoms with Crippen molar-refractivity contribution in [3.63, 3.8) is 0 Å². The largest absolute Gasteiger partial charge is 0.373 e. The molecular weight excluding hydrogens is 514 g/mol. The van der Waals surface area contributed by atoms with Crippen molar-refractivity contribution in [2.45, 2.75) is 37.5 Å².